The first-order valence-corrected chi connectivity index (χ1v) is 8.82. The van der Waals surface area contributed by atoms with E-state index in [1.165, 1.54) is 77.2 Å². The predicted octanol–water partition coefficient (Wildman–Crippen LogP) is 3.94. The quantitative estimate of drug-likeness (QED) is 0.789. The first-order valence-electron chi connectivity index (χ1n) is 8.82. The molecule has 2 fully saturated rings. The molecule has 0 spiro atoms. The zero-order valence-corrected chi connectivity index (χ0v) is 12.9. The van der Waals surface area contributed by atoms with E-state index < -0.39 is 0 Å². The van der Waals surface area contributed by atoms with E-state index in [9.17, 15) is 0 Å². The average Bonchev–Trinajstić information content (AvgIpc) is 2.49. The number of rotatable bonds is 6. The smallest absolute Gasteiger partial charge is 0.0126 e. The normalized spacial score (nSPS) is 29.8. The van der Waals surface area contributed by atoms with Gasteiger partial charge >= 0.3 is 0 Å². The van der Waals surface area contributed by atoms with Crippen molar-refractivity contribution < 1.29 is 0 Å². The Morgan fingerprint density at radius 3 is 2.32 bits per heavy atom. The average molecular weight is 266 g/mol. The molecular weight excluding hydrogens is 232 g/mol. The number of nitrogens with zero attached hydrogens (tertiary/aromatic N) is 1. The van der Waals surface area contributed by atoms with Crippen molar-refractivity contribution in [1.29, 1.82) is 0 Å². The molecule has 19 heavy (non-hydrogen) atoms. The van der Waals surface area contributed by atoms with Gasteiger partial charge in [0.05, 0.1) is 0 Å². The van der Waals surface area contributed by atoms with Crippen LogP contribution in [0.25, 0.3) is 0 Å². The summed E-state index contributed by atoms with van der Waals surface area (Å²) in [7, 11) is 0. The first kappa shape index (κ1) is 15.3. The second-order valence-corrected chi connectivity index (χ2v) is 6.69. The maximum atomic E-state index is 5.78. The molecule has 0 saturated heterocycles. The largest absolute Gasteiger partial charge is 0.330 e. The van der Waals surface area contributed by atoms with Crippen molar-refractivity contribution in [2.24, 2.45) is 11.7 Å². The molecule has 0 bridgehead atoms. The minimum Gasteiger partial charge on any atom is -0.330 e. The molecule has 0 heterocycles. The Kier molecular flexibility index (Phi) is 6.66. The molecule has 2 aliphatic carbocycles. The van der Waals surface area contributed by atoms with Gasteiger partial charge < -0.3 is 5.73 Å². The number of hydrogen-bond donors (Lipinski definition) is 1. The van der Waals surface area contributed by atoms with Gasteiger partial charge in [-0.25, -0.2) is 0 Å². The Morgan fingerprint density at radius 1 is 0.947 bits per heavy atom. The van der Waals surface area contributed by atoms with Crippen LogP contribution in [0.15, 0.2) is 0 Å². The van der Waals surface area contributed by atoms with Crippen molar-refractivity contribution in [3.05, 3.63) is 0 Å². The lowest BCUT2D eigenvalue weighted by Gasteiger charge is -2.45. The van der Waals surface area contributed by atoms with E-state index in [4.69, 9.17) is 5.73 Å². The van der Waals surface area contributed by atoms with E-state index in [0.29, 0.717) is 0 Å². The van der Waals surface area contributed by atoms with E-state index in [0.717, 1.165) is 24.5 Å². The highest BCUT2D eigenvalue weighted by atomic mass is 15.2. The molecule has 2 nitrogen and oxygen atoms in total. The van der Waals surface area contributed by atoms with Crippen molar-refractivity contribution in [2.75, 3.05) is 13.1 Å². The summed E-state index contributed by atoms with van der Waals surface area (Å²) < 4.78 is 0. The van der Waals surface area contributed by atoms with Gasteiger partial charge in [-0.2, -0.15) is 0 Å². The van der Waals surface area contributed by atoms with Gasteiger partial charge in [-0.3, -0.25) is 4.90 Å². The molecule has 0 aliphatic heterocycles. The van der Waals surface area contributed by atoms with E-state index in [1.54, 1.807) is 0 Å². The molecule has 0 amide bonds. The zero-order valence-electron chi connectivity index (χ0n) is 12.9. The van der Waals surface area contributed by atoms with Crippen LogP contribution in [0.4, 0.5) is 0 Å². The monoisotopic (exact) mass is 266 g/mol. The zero-order chi connectivity index (χ0) is 13.5. The summed E-state index contributed by atoms with van der Waals surface area (Å²) in [5.74, 6) is 0.952. The molecule has 2 unspecified atom stereocenters. The van der Waals surface area contributed by atoms with E-state index in [2.05, 4.69) is 11.8 Å². The highest BCUT2D eigenvalue weighted by Crippen LogP contribution is 2.34. The summed E-state index contributed by atoms with van der Waals surface area (Å²) >= 11 is 0. The molecule has 0 aromatic carbocycles. The van der Waals surface area contributed by atoms with Crippen molar-refractivity contribution >= 4 is 0 Å². The topological polar surface area (TPSA) is 29.3 Å². The van der Waals surface area contributed by atoms with Gasteiger partial charge in [0.15, 0.2) is 0 Å². The number of hydrogen-bond acceptors (Lipinski definition) is 2. The Morgan fingerprint density at radius 2 is 1.63 bits per heavy atom. The summed E-state index contributed by atoms with van der Waals surface area (Å²) in [6.45, 7) is 4.50. The van der Waals surface area contributed by atoms with Crippen LogP contribution in [0.5, 0.6) is 0 Å². The lowest BCUT2D eigenvalue weighted by atomic mass is 9.80. The van der Waals surface area contributed by atoms with Crippen LogP contribution in [0, 0.1) is 5.92 Å². The van der Waals surface area contributed by atoms with Gasteiger partial charge in [0.2, 0.25) is 0 Å². The molecule has 2 N–H and O–H groups in total. The van der Waals surface area contributed by atoms with Gasteiger partial charge in [-0.1, -0.05) is 45.4 Å². The van der Waals surface area contributed by atoms with Crippen LogP contribution in [0.1, 0.15) is 77.6 Å². The molecule has 112 valence electrons. The molecular formula is C17H34N2. The SMILES string of the molecule is CCC1CCCCC1N(CCCN)C1CCCCC1. The Labute approximate surface area is 120 Å². The molecule has 0 radical (unpaired) electrons. The molecule has 2 saturated carbocycles. The lowest BCUT2D eigenvalue weighted by Crippen LogP contribution is -2.49. The Bertz CT molecular complexity index is 235. The maximum absolute atomic E-state index is 5.78. The summed E-state index contributed by atoms with van der Waals surface area (Å²) in [4.78, 5) is 2.90. The van der Waals surface area contributed by atoms with Gasteiger partial charge in [0.25, 0.3) is 0 Å². The highest BCUT2D eigenvalue weighted by molar-refractivity contribution is 4.87. The third-order valence-corrected chi connectivity index (χ3v) is 5.48. The summed E-state index contributed by atoms with van der Waals surface area (Å²) in [5.41, 5.74) is 5.78. The summed E-state index contributed by atoms with van der Waals surface area (Å²) in [5, 5.41) is 0. The van der Waals surface area contributed by atoms with Crippen LogP contribution in [0.3, 0.4) is 0 Å². The maximum Gasteiger partial charge on any atom is 0.0126 e. The van der Waals surface area contributed by atoms with Crippen molar-refractivity contribution in [2.45, 2.75) is 89.6 Å². The summed E-state index contributed by atoms with van der Waals surface area (Å²) in [6, 6.07) is 1.74. The fourth-order valence-corrected chi connectivity index (χ4v) is 4.41. The summed E-state index contributed by atoms with van der Waals surface area (Å²) in [6.07, 6.45) is 15.6. The van der Waals surface area contributed by atoms with Crippen LogP contribution in [-0.4, -0.2) is 30.1 Å². The standard InChI is InChI=1S/C17H34N2/c1-2-15-9-6-7-12-17(15)19(14-8-13-18)16-10-4-3-5-11-16/h15-17H,2-14,18H2,1H3. The lowest BCUT2D eigenvalue weighted by molar-refractivity contribution is 0.0440. The molecule has 0 aromatic heterocycles. The van der Waals surface area contributed by atoms with Crippen LogP contribution in [-0.2, 0) is 0 Å². The molecule has 2 atom stereocenters. The van der Waals surface area contributed by atoms with Gasteiger partial charge in [0, 0.05) is 12.1 Å². The van der Waals surface area contributed by atoms with Gasteiger partial charge in [-0.15, -0.1) is 0 Å². The Hall–Kier alpha value is -0.0800. The predicted molar refractivity (Wildman–Crippen MR) is 83.3 cm³/mol. The van der Waals surface area contributed by atoms with Crippen molar-refractivity contribution in [1.82, 2.24) is 4.90 Å². The second kappa shape index (κ2) is 8.26. The molecule has 2 rings (SSSR count). The third-order valence-electron chi connectivity index (χ3n) is 5.48. The van der Waals surface area contributed by atoms with Gasteiger partial charge in [-0.05, 0) is 51.1 Å². The second-order valence-electron chi connectivity index (χ2n) is 6.69. The highest BCUT2D eigenvalue weighted by Gasteiger charge is 2.33. The number of nitrogens with two attached hydrogens (primary N) is 1. The molecule has 0 aromatic rings. The van der Waals surface area contributed by atoms with Crippen LogP contribution >= 0.6 is 0 Å². The van der Waals surface area contributed by atoms with Gasteiger partial charge in [0.1, 0.15) is 0 Å². The van der Waals surface area contributed by atoms with Crippen LogP contribution in [0.2, 0.25) is 0 Å². The Balaban J connectivity index is 2.01. The fourth-order valence-electron chi connectivity index (χ4n) is 4.41. The first-order chi connectivity index (χ1) is 9.36. The van der Waals surface area contributed by atoms with Crippen molar-refractivity contribution in [3.8, 4) is 0 Å². The van der Waals surface area contributed by atoms with E-state index >= 15 is 0 Å². The molecule has 2 heteroatoms. The van der Waals surface area contributed by atoms with Crippen LogP contribution < -0.4 is 5.73 Å². The van der Waals surface area contributed by atoms with E-state index in [1.807, 2.05) is 0 Å². The minimum atomic E-state index is 0.854. The van der Waals surface area contributed by atoms with E-state index in [-0.39, 0.29) is 0 Å². The fraction of sp³-hybridized carbons (Fsp3) is 1.00. The minimum absolute atomic E-state index is 0.854. The van der Waals surface area contributed by atoms with Crippen molar-refractivity contribution in [3.63, 3.8) is 0 Å². The third kappa shape index (κ3) is 4.19. The molecule has 2 aliphatic rings.